The van der Waals surface area contributed by atoms with E-state index in [1.807, 2.05) is 26.0 Å². The SMILES string of the molecule is Cc1ccc(C)c(C(=O)COC(=O)c2ccc(CS(C)(=O)=O)cc2)c1. The second-order valence-corrected chi connectivity index (χ2v) is 8.22. The number of carbonyl (C=O) groups excluding carboxylic acids is 2. The number of benzene rings is 2. The minimum absolute atomic E-state index is 0.0898. The fourth-order valence-electron chi connectivity index (χ4n) is 2.37. The van der Waals surface area contributed by atoms with Crippen molar-refractivity contribution in [1.82, 2.24) is 0 Å². The molecule has 2 aromatic carbocycles. The van der Waals surface area contributed by atoms with Crippen molar-refractivity contribution in [2.75, 3.05) is 12.9 Å². The standard InChI is InChI=1S/C19H20O5S/c1-13-4-5-14(2)17(10-13)18(20)11-24-19(21)16-8-6-15(7-9-16)12-25(3,22)23/h4-10H,11-12H2,1-3H3. The molecule has 0 saturated carbocycles. The maximum absolute atomic E-state index is 12.2. The molecular weight excluding hydrogens is 340 g/mol. The molecule has 0 unspecified atom stereocenters. The van der Waals surface area contributed by atoms with E-state index >= 15 is 0 Å². The average molecular weight is 360 g/mol. The highest BCUT2D eigenvalue weighted by molar-refractivity contribution is 7.89. The zero-order chi connectivity index (χ0) is 18.6. The van der Waals surface area contributed by atoms with Crippen molar-refractivity contribution < 1.29 is 22.7 Å². The lowest BCUT2D eigenvalue weighted by Crippen LogP contribution is -2.15. The molecule has 6 heteroatoms. The van der Waals surface area contributed by atoms with Gasteiger partial charge in [0.1, 0.15) is 0 Å². The Kier molecular flexibility index (Phi) is 5.74. The predicted molar refractivity (Wildman–Crippen MR) is 95.5 cm³/mol. The number of sulfone groups is 1. The van der Waals surface area contributed by atoms with Crippen LogP contribution in [0, 0.1) is 13.8 Å². The Hall–Kier alpha value is -2.47. The molecule has 0 N–H and O–H groups in total. The number of hydrogen-bond donors (Lipinski definition) is 0. The van der Waals surface area contributed by atoms with E-state index in [1.165, 1.54) is 12.1 Å². The van der Waals surface area contributed by atoms with E-state index in [1.54, 1.807) is 18.2 Å². The molecule has 0 amide bonds. The summed E-state index contributed by atoms with van der Waals surface area (Å²) in [5.74, 6) is -0.971. The number of esters is 1. The van der Waals surface area contributed by atoms with Crippen LogP contribution in [0.2, 0.25) is 0 Å². The van der Waals surface area contributed by atoms with Crippen LogP contribution in [0.25, 0.3) is 0 Å². The van der Waals surface area contributed by atoms with Gasteiger partial charge in [0.25, 0.3) is 0 Å². The van der Waals surface area contributed by atoms with Crippen LogP contribution in [-0.2, 0) is 20.3 Å². The molecular formula is C19H20O5S. The molecule has 0 aliphatic heterocycles. The van der Waals surface area contributed by atoms with Crippen molar-refractivity contribution in [1.29, 1.82) is 0 Å². The first-order valence-electron chi connectivity index (χ1n) is 7.70. The number of Topliss-reactive ketones (excluding diaryl/α,β-unsaturated/α-hetero) is 1. The normalized spacial score (nSPS) is 11.2. The summed E-state index contributed by atoms with van der Waals surface area (Å²) in [6, 6.07) is 11.6. The van der Waals surface area contributed by atoms with Gasteiger partial charge in [-0.05, 0) is 43.2 Å². The molecule has 0 radical (unpaired) electrons. The van der Waals surface area contributed by atoms with Crippen LogP contribution in [0.4, 0.5) is 0 Å². The molecule has 5 nitrogen and oxygen atoms in total. The maximum atomic E-state index is 12.2. The summed E-state index contributed by atoms with van der Waals surface area (Å²) in [4.78, 5) is 24.3. The van der Waals surface area contributed by atoms with E-state index in [-0.39, 0.29) is 23.7 Å². The van der Waals surface area contributed by atoms with Crippen molar-refractivity contribution in [3.63, 3.8) is 0 Å². The van der Waals surface area contributed by atoms with E-state index in [0.717, 1.165) is 17.4 Å². The number of aryl methyl sites for hydroxylation is 2. The lowest BCUT2D eigenvalue weighted by Gasteiger charge is -2.08. The third kappa shape index (κ3) is 5.53. The summed E-state index contributed by atoms with van der Waals surface area (Å²) < 4.78 is 27.6. The molecule has 2 aromatic rings. The molecule has 0 aromatic heterocycles. The van der Waals surface area contributed by atoms with Gasteiger partial charge in [-0.2, -0.15) is 0 Å². The predicted octanol–water partition coefficient (Wildman–Crippen LogP) is 2.89. The van der Waals surface area contributed by atoms with Gasteiger partial charge >= 0.3 is 5.97 Å². The Morgan fingerprint density at radius 3 is 2.24 bits per heavy atom. The number of hydrogen-bond acceptors (Lipinski definition) is 5. The molecule has 0 bridgehead atoms. The van der Waals surface area contributed by atoms with Crippen LogP contribution in [0.3, 0.4) is 0 Å². The first-order chi connectivity index (χ1) is 11.7. The van der Waals surface area contributed by atoms with E-state index < -0.39 is 15.8 Å². The zero-order valence-corrected chi connectivity index (χ0v) is 15.2. The van der Waals surface area contributed by atoms with E-state index in [2.05, 4.69) is 0 Å². The van der Waals surface area contributed by atoms with Gasteiger partial charge in [0, 0.05) is 11.8 Å². The molecule has 2 rings (SSSR count). The Balaban J connectivity index is 2.00. The van der Waals surface area contributed by atoms with E-state index in [9.17, 15) is 18.0 Å². The minimum Gasteiger partial charge on any atom is -0.454 e. The van der Waals surface area contributed by atoms with Gasteiger partial charge < -0.3 is 4.74 Å². The summed E-state index contributed by atoms with van der Waals surface area (Å²) in [5.41, 5.74) is 3.19. The monoisotopic (exact) mass is 360 g/mol. The number of ketones is 1. The van der Waals surface area contributed by atoms with Crippen LogP contribution in [0.1, 0.15) is 37.4 Å². The molecule has 0 spiro atoms. The van der Waals surface area contributed by atoms with Gasteiger partial charge in [-0.1, -0.05) is 29.8 Å². The van der Waals surface area contributed by atoms with E-state index in [0.29, 0.717) is 11.1 Å². The molecule has 25 heavy (non-hydrogen) atoms. The Bertz CT molecular complexity index is 896. The second-order valence-electron chi connectivity index (χ2n) is 6.08. The summed E-state index contributed by atoms with van der Waals surface area (Å²) in [6.07, 6.45) is 1.15. The second kappa shape index (κ2) is 7.61. The lowest BCUT2D eigenvalue weighted by molar-refractivity contribution is 0.0474. The summed E-state index contributed by atoms with van der Waals surface area (Å²) in [7, 11) is -3.13. The molecule has 0 aliphatic rings. The number of rotatable bonds is 6. The molecule has 0 aliphatic carbocycles. The third-order valence-corrected chi connectivity index (χ3v) is 4.50. The van der Waals surface area contributed by atoms with Crippen LogP contribution in [0.5, 0.6) is 0 Å². The maximum Gasteiger partial charge on any atom is 0.338 e. The number of carbonyl (C=O) groups is 2. The zero-order valence-electron chi connectivity index (χ0n) is 14.4. The van der Waals surface area contributed by atoms with Crippen molar-refractivity contribution in [3.8, 4) is 0 Å². The van der Waals surface area contributed by atoms with Crippen molar-refractivity contribution in [3.05, 3.63) is 70.3 Å². The van der Waals surface area contributed by atoms with Crippen LogP contribution in [0.15, 0.2) is 42.5 Å². The highest BCUT2D eigenvalue weighted by atomic mass is 32.2. The lowest BCUT2D eigenvalue weighted by atomic mass is 10.0. The Morgan fingerprint density at radius 2 is 1.64 bits per heavy atom. The van der Waals surface area contributed by atoms with Crippen LogP contribution >= 0.6 is 0 Å². The van der Waals surface area contributed by atoms with Gasteiger partial charge in [-0.15, -0.1) is 0 Å². The highest BCUT2D eigenvalue weighted by Crippen LogP contribution is 2.13. The van der Waals surface area contributed by atoms with Gasteiger partial charge in [-0.25, -0.2) is 13.2 Å². The van der Waals surface area contributed by atoms with Gasteiger partial charge in [0.15, 0.2) is 16.4 Å². The van der Waals surface area contributed by atoms with E-state index in [4.69, 9.17) is 4.74 Å². The topological polar surface area (TPSA) is 77.5 Å². The van der Waals surface area contributed by atoms with Crippen LogP contribution in [-0.4, -0.2) is 33.0 Å². The summed E-state index contributed by atoms with van der Waals surface area (Å²) in [6.45, 7) is 3.38. The largest absolute Gasteiger partial charge is 0.454 e. The summed E-state index contributed by atoms with van der Waals surface area (Å²) in [5, 5.41) is 0. The first kappa shape index (κ1) is 18.9. The first-order valence-corrected chi connectivity index (χ1v) is 9.76. The highest BCUT2D eigenvalue weighted by Gasteiger charge is 2.14. The van der Waals surface area contributed by atoms with Gasteiger partial charge in [0.2, 0.25) is 5.78 Å². The minimum atomic E-state index is -3.13. The summed E-state index contributed by atoms with van der Waals surface area (Å²) >= 11 is 0. The van der Waals surface area contributed by atoms with Crippen molar-refractivity contribution >= 4 is 21.6 Å². The van der Waals surface area contributed by atoms with Crippen LogP contribution < -0.4 is 0 Å². The molecule has 0 atom stereocenters. The van der Waals surface area contributed by atoms with Gasteiger partial charge in [-0.3, -0.25) is 4.79 Å². The molecule has 0 heterocycles. The number of ether oxygens (including phenoxy) is 1. The fraction of sp³-hybridized carbons (Fsp3) is 0.263. The average Bonchev–Trinajstić information content (AvgIpc) is 2.53. The Labute approximate surface area is 147 Å². The van der Waals surface area contributed by atoms with Gasteiger partial charge in [0.05, 0.1) is 11.3 Å². The molecule has 0 saturated heterocycles. The molecule has 132 valence electrons. The Morgan fingerprint density at radius 1 is 1.00 bits per heavy atom. The third-order valence-electron chi connectivity index (χ3n) is 3.65. The smallest absolute Gasteiger partial charge is 0.338 e. The van der Waals surface area contributed by atoms with Crippen molar-refractivity contribution in [2.24, 2.45) is 0 Å². The quantitative estimate of drug-likeness (QED) is 0.585. The van der Waals surface area contributed by atoms with Crippen molar-refractivity contribution in [2.45, 2.75) is 19.6 Å². The fourth-order valence-corrected chi connectivity index (χ4v) is 3.17. The molecule has 0 fully saturated rings.